The van der Waals surface area contributed by atoms with Crippen LogP contribution in [0.4, 0.5) is 24.5 Å². The van der Waals surface area contributed by atoms with Crippen LogP contribution in [-0.4, -0.2) is 20.2 Å². The second kappa shape index (κ2) is 3.47. The Morgan fingerprint density at radius 2 is 2.06 bits per heavy atom. The van der Waals surface area contributed by atoms with E-state index < -0.39 is 11.7 Å². The van der Waals surface area contributed by atoms with Crippen molar-refractivity contribution in [2.75, 3.05) is 30.8 Å². The van der Waals surface area contributed by atoms with Gasteiger partial charge in [-0.15, -0.1) is 0 Å². The SMILES string of the molecule is CN1CCOc2c(N)cc(C(F)(F)F)cc21. The molecule has 0 spiro atoms. The fraction of sp³-hybridized carbons (Fsp3) is 0.400. The van der Waals surface area contributed by atoms with Crippen molar-refractivity contribution in [2.24, 2.45) is 0 Å². The molecule has 0 fully saturated rings. The van der Waals surface area contributed by atoms with Gasteiger partial charge in [0, 0.05) is 7.05 Å². The fourth-order valence-corrected chi connectivity index (χ4v) is 1.65. The second-order valence-corrected chi connectivity index (χ2v) is 3.68. The number of anilines is 2. The fourth-order valence-electron chi connectivity index (χ4n) is 1.65. The van der Waals surface area contributed by atoms with Crippen LogP contribution in [-0.2, 0) is 6.18 Å². The molecule has 1 aliphatic heterocycles. The van der Waals surface area contributed by atoms with Crippen molar-refractivity contribution in [3.05, 3.63) is 17.7 Å². The topological polar surface area (TPSA) is 38.5 Å². The number of nitrogens with two attached hydrogens (primary N) is 1. The maximum atomic E-state index is 12.6. The minimum atomic E-state index is -4.39. The lowest BCUT2D eigenvalue weighted by molar-refractivity contribution is -0.137. The van der Waals surface area contributed by atoms with E-state index in [0.717, 1.165) is 12.1 Å². The molecule has 1 heterocycles. The van der Waals surface area contributed by atoms with Crippen LogP contribution in [0.25, 0.3) is 0 Å². The minimum absolute atomic E-state index is 0.0244. The van der Waals surface area contributed by atoms with Crippen LogP contribution in [0.1, 0.15) is 5.56 Å². The van der Waals surface area contributed by atoms with E-state index in [4.69, 9.17) is 10.5 Å². The molecule has 88 valence electrons. The van der Waals surface area contributed by atoms with E-state index in [-0.39, 0.29) is 5.69 Å². The largest absolute Gasteiger partial charge is 0.487 e. The first-order valence-electron chi connectivity index (χ1n) is 4.74. The van der Waals surface area contributed by atoms with Crippen molar-refractivity contribution < 1.29 is 17.9 Å². The number of fused-ring (bicyclic) bond motifs is 1. The van der Waals surface area contributed by atoms with Crippen molar-refractivity contribution in [1.82, 2.24) is 0 Å². The van der Waals surface area contributed by atoms with Gasteiger partial charge in [0.1, 0.15) is 6.61 Å². The molecular weight excluding hydrogens is 221 g/mol. The summed E-state index contributed by atoms with van der Waals surface area (Å²) < 4.78 is 42.9. The summed E-state index contributed by atoms with van der Waals surface area (Å²) in [6.45, 7) is 0.979. The van der Waals surface area contributed by atoms with Gasteiger partial charge in [-0.05, 0) is 12.1 Å². The molecule has 1 aromatic carbocycles. The van der Waals surface area contributed by atoms with Gasteiger partial charge in [0.25, 0.3) is 0 Å². The molecule has 3 nitrogen and oxygen atoms in total. The van der Waals surface area contributed by atoms with E-state index in [1.54, 1.807) is 11.9 Å². The van der Waals surface area contributed by atoms with Crippen LogP contribution in [0.2, 0.25) is 0 Å². The van der Waals surface area contributed by atoms with Crippen molar-refractivity contribution in [3.63, 3.8) is 0 Å². The van der Waals surface area contributed by atoms with Crippen LogP contribution in [0.3, 0.4) is 0 Å². The number of ether oxygens (including phenoxy) is 1. The highest BCUT2D eigenvalue weighted by molar-refractivity contribution is 5.72. The van der Waals surface area contributed by atoms with E-state index in [1.807, 2.05) is 0 Å². The summed E-state index contributed by atoms with van der Waals surface area (Å²) in [5, 5.41) is 0. The number of hydrogen-bond donors (Lipinski definition) is 1. The first-order valence-corrected chi connectivity index (χ1v) is 4.74. The molecule has 0 atom stereocenters. The maximum Gasteiger partial charge on any atom is 0.416 e. The Hall–Kier alpha value is -1.59. The van der Waals surface area contributed by atoms with E-state index in [2.05, 4.69) is 0 Å². The van der Waals surface area contributed by atoms with E-state index in [9.17, 15) is 13.2 Å². The molecule has 16 heavy (non-hydrogen) atoms. The molecule has 6 heteroatoms. The Bertz CT molecular complexity index is 417. The lowest BCUT2D eigenvalue weighted by atomic mass is 10.1. The van der Waals surface area contributed by atoms with E-state index >= 15 is 0 Å². The van der Waals surface area contributed by atoms with Gasteiger partial charge in [-0.25, -0.2) is 0 Å². The van der Waals surface area contributed by atoms with Crippen molar-refractivity contribution >= 4 is 11.4 Å². The quantitative estimate of drug-likeness (QED) is 0.696. The minimum Gasteiger partial charge on any atom is -0.487 e. The zero-order valence-electron chi connectivity index (χ0n) is 8.64. The van der Waals surface area contributed by atoms with Gasteiger partial charge in [0.05, 0.1) is 23.5 Å². The standard InChI is InChI=1S/C10H11F3N2O/c1-15-2-3-16-9-7(14)4-6(5-8(9)15)10(11,12)13/h4-5H,2-3,14H2,1H3. The predicted molar refractivity (Wildman–Crippen MR) is 54.6 cm³/mol. The summed E-state index contributed by atoms with van der Waals surface area (Å²) in [5.74, 6) is 0.335. The highest BCUT2D eigenvalue weighted by Crippen LogP contribution is 2.41. The van der Waals surface area contributed by atoms with Gasteiger partial charge in [-0.2, -0.15) is 13.2 Å². The number of rotatable bonds is 0. The molecule has 1 aromatic rings. The number of likely N-dealkylation sites (N-methyl/N-ethyl adjacent to an activating group) is 1. The maximum absolute atomic E-state index is 12.6. The highest BCUT2D eigenvalue weighted by atomic mass is 19.4. The third kappa shape index (κ3) is 1.75. The number of nitrogens with zero attached hydrogens (tertiary/aromatic N) is 1. The number of alkyl halides is 3. The van der Waals surface area contributed by atoms with Crippen LogP contribution >= 0.6 is 0 Å². The van der Waals surface area contributed by atoms with Gasteiger partial charge in [-0.3, -0.25) is 0 Å². The molecule has 0 saturated carbocycles. The van der Waals surface area contributed by atoms with Gasteiger partial charge in [-0.1, -0.05) is 0 Å². The summed E-state index contributed by atoms with van der Waals surface area (Å²) in [4.78, 5) is 1.70. The molecule has 1 aliphatic rings. The summed E-state index contributed by atoms with van der Waals surface area (Å²) in [6, 6.07) is 1.96. The van der Waals surface area contributed by atoms with Gasteiger partial charge < -0.3 is 15.4 Å². The normalized spacial score (nSPS) is 15.6. The average Bonchev–Trinajstić information content (AvgIpc) is 2.18. The third-order valence-electron chi connectivity index (χ3n) is 2.51. The van der Waals surface area contributed by atoms with Crippen LogP contribution in [0.5, 0.6) is 5.75 Å². The smallest absolute Gasteiger partial charge is 0.416 e. The number of hydrogen-bond acceptors (Lipinski definition) is 3. The number of halogens is 3. The number of benzene rings is 1. The highest BCUT2D eigenvalue weighted by Gasteiger charge is 2.33. The van der Waals surface area contributed by atoms with Crippen LogP contribution in [0, 0.1) is 0 Å². The van der Waals surface area contributed by atoms with Gasteiger partial charge in [0.2, 0.25) is 0 Å². The Kier molecular flexibility index (Phi) is 2.36. The molecule has 0 aliphatic carbocycles. The summed E-state index contributed by atoms with van der Waals surface area (Å²) in [7, 11) is 1.71. The predicted octanol–water partition coefficient (Wildman–Crippen LogP) is 2.12. The summed E-state index contributed by atoms with van der Waals surface area (Å²) >= 11 is 0. The van der Waals surface area contributed by atoms with E-state index in [0.29, 0.717) is 24.6 Å². The second-order valence-electron chi connectivity index (χ2n) is 3.68. The van der Waals surface area contributed by atoms with Gasteiger partial charge >= 0.3 is 6.18 Å². The Balaban J connectivity index is 2.55. The zero-order valence-corrected chi connectivity index (χ0v) is 8.64. The van der Waals surface area contributed by atoms with Crippen molar-refractivity contribution in [1.29, 1.82) is 0 Å². The number of nitrogen functional groups attached to an aromatic ring is 1. The van der Waals surface area contributed by atoms with Crippen molar-refractivity contribution in [2.45, 2.75) is 6.18 Å². The Morgan fingerprint density at radius 3 is 2.69 bits per heavy atom. The lowest BCUT2D eigenvalue weighted by Gasteiger charge is -2.29. The molecule has 2 N–H and O–H groups in total. The zero-order chi connectivity index (χ0) is 11.9. The Labute approximate surface area is 90.6 Å². The molecule has 0 amide bonds. The monoisotopic (exact) mass is 232 g/mol. The third-order valence-corrected chi connectivity index (χ3v) is 2.51. The molecule has 0 aromatic heterocycles. The first kappa shape index (κ1) is 10.9. The summed E-state index contributed by atoms with van der Waals surface area (Å²) in [6.07, 6.45) is -4.39. The summed E-state index contributed by atoms with van der Waals surface area (Å²) in [5.41, 5.74) is 5.21. The molecule has 0 radical (unpaired) electrons. The van der Waals surface area contributed by atoms with Crippen LogP contribution < -0.4 is 15.4 Å². The Morgan fingerprint density at radius 1 is 1.38 bits per heavy atom. The average molecular weight is 232 g/mol. The van der Waals surface area contributed by atoms with Crippen LogP contribution in [0.15, 0.2) is 12.1 Å². The molecule has 0 bridgehead atoms. The molecule has 0 unspecified atom stereocenters. The first-order chi connectivity index (χ1) is 7.39. The molecule has 0 saturated heterocycles. The molecular formula is C10H11F3N2O. The molecule has 2 rings (SSSR count). The van der Waals surface area contributed by atoms with Crippen molar-refractivity contribution in [3.8, 4) is 5.75 Å². The van der Waals surface area contributed by atoms with Gasteiger partial charge in [0.15, 0.2) is 5.75 Å². The lowest BCUT2D eigenvalue weighted by Crippen LogP contribution is -2.29. The van der Waals surface area contributed by atoms with E-state index in [1.165, 1.54) is 0 Å².